The van der Waals surface area contributed by atoms with E-state index in [0.717, 1.165) is 34.1 Å². The summed E-state index contributed by atoms with van der Waals surface area (Å²) < 4.78 is 5.21. The molecule has 0 radical (unpaired) electrons. The van der Waals surface area contributed by atoms with Gasteiger partial charge in [0, 0.05) is 10.8 Å². The SMILES string of the molecule is COc1ccc([C@H](CC(C)C)NC(=O)CSCc2ccccc2Cl)cc1. The van der Waals surface area contributed by atoms with Crippen molar-refractivity contribution in [1.29, 1.82) is 0 Å². The fraction of sp³-hybridized carbons (Fsp3) is 0.381. The summed E-state index contributed by atoms with van der Waals surface area (Å²) >= 11 is 7.74. The Hall–Kier alpha value is -1.65. The Labute approximate surface area is 165 Å². The number of thioether (sulfide) groups is 1. The van der Waals surface area contributed by atoms with Gasteiger partial charge in [-0.25, -0.2) is 0 Å². The lowest BCUT2D eigenvalue weighted by molar-refractivity contribution is -0.119. The van der Waals surface area contributed by atoms with Gasteiger partial charge in [0.2, 0.25) is 5.91 Å². The van der Waals surface area contributed by atoms with E-state index in [-0.39, 0.29) is 11.9 Å². The number of hydrogen-bond acceptors (Lipinski definition) is 3. The number of ether oxygens (including phenoxy) is 1. The van der Waals surface area contributed by atoms with Gasteiger partial charge >= 0.3 is 0 Å². The summed E-state index contributed by atoms with van der Waals surface area (Å²) in [7, 11) is 1.65. The van der Waals surface area contributed by atoms with Gasteiger partial charge in [0.25, 0.3) is 0 Å². The Kier molecular flexibility index (Phi) is 8.33. The third-order valence-corrected chi connectivity index (χ3v) is 5.36. The van der Waals surface area contributed by atoms with Crippen molar-refractivity contribution in [2.24, 2.45) is 5.92 Å². The zero-order chi connectivity index (χ0) is 18.9. The molecule has 26 heavy (non-hydrogen) atoms. The molecule has 2 aromatic rings. The number of halogens is 1. The maximum absolute atomic E-state index is 12.4. The predicted molar refractivity (Wildman–Crippen MR) is 111 cm³/mol. The van der Waals surface area contributed by atoms with Crippen LogP contribution in [0.4, 0.5) is 0 Å². The topological polar surface area (TPSA) is 38.3 Å². The first-order valence-electron chi connectivity index (χ1n) is 8.74. The number of carbonyl (C=O) groups excluding carboxylic acids is 1. The van der Waals surface area contributed by atoms with Crippen molar-refractivity contribution < 1.29 is 9.53 Å². The summed E-state index contributed by atoms with van der Waals surface area (Å²) in [5, 5.41) is 3.92. The summed E-state index contributed by atoms with van der Waals surface area (Å²) in [6.07, 6.45) is 0.896. The van der Waals surface area contributed by atoms with Crippen LogP contribution in [0.3, 0.4) is 0 Å². The highest BCUT2D eigenvalue weighted by Crippen LogP contribution is 2.24. The van der Waals surface area contributed by atoms with Crippen LogP contribution < -0.4 is 10.1 Å². The van der Waals surface area contributed by atoms with Gasteiger partial charge in [-0.3, -0.25) is 4.79 Å². The van der Waals surface area contributed by atoms with Gasteiger partial charge in [-0.05, 0) is 41.7 Å². The highest BCUT2D eigenvalue weighted by atomic mass is 35.5. The molecule has 0 heterocycles. The molecule has 0 saturated carbocycles. The smallest absolute Gasteiger partial charge is 0.230 e. The molecule has 1 amide bonds. The Balaban J connectivity index is 1.92. The molecule has 5 heteroatoms. The maximum atomic E-state index is 12.4. The molecular weight excluding hydrogens is 366 g/mol. The molecule has 3 nitrogen and oxygen atoms in total. The standard InChI is InChI=1S/C21H26ClNO2S/c1-15(2)12-20(16-8-10-18(25-3)11-9-16)23-21(24)14-26-13-17-6-4-5-7-19(17)22/h4-11,15,20H,12-14H2,1-3H3,(H,23,24)/t20-/m0/s1. The fourth-order valence-electron chi connectivity index (χ4n) is 2.69. The van der Waals surface area contributed by atoms with Crippen molar-refractivity contribution in [3.63, 3.8) is 0 Å². The van der Waals surface area contributed by atoms with E-state index < -0.39 is 0 Å². The Morgan fingerprint density at radius 3 is 2.46 bits per heavy atom. The lowest BCUT2D eigenvalue weighted by atomic mass is 9.97. The van der Waals surface area contributed by atoms with E-state index in [2.05, 4.69) is 19.2 Å². The van der Waals surface area contributed by atoms with E-state index >= 15 is 0 Å². The monoisotopic (exact) mass is 391 g/mol. The molecule has 2 aromatic carbocycles. The van der Waals surface area contributed by atoms with Crippen molar-refractivity contribution in [2.75, 3.05) is 12.9 Å². The highest BCUT2D eigenvalue weighted by molar-refractivity contribution is 7.99. The molecule has 0 aliphatic rings. The molecule has 140 valence electrons. The van der Waals surface area contributed by atoms with Crippen LogP contribution in [0.1, 0.15) is 37.4 Å². The first kappa shape index (κ1) is 20.7. The van der Waals surface area contributed by atoms with Crippen LogP contribution in [0.2, 0.25) is 5.02 Å². The second-order valence-electron chi connectivity index (χ2n) is 6.61. The first-order chi connectivity index (χ1) is 12.5. The van der Waals surface area contributed by atoms with Gasteiger partial charge in [-0.2, -0.15) is 0 Å². The van der Waals surface area contributed by atoms with Crippen molar-refractivity contribution in [3.05, 3.63) is 64.7 Å². The molecule has 0 aliphatic heterocycles. The minimum absolute atomic E-state index is 0.00863. The molecule has 0 spiro atoms. The largest absolute Gasteiger partial charge is 0.497 e. The van der Waals surface area contributed by atoms with Gasteiger partial charge in [0.15, 0.2) is 0 Å². The summed E-state index contributed by atoms with van der Waals surface area (Å²) in [6, 6.07) is 15.6. The van der Waals surface area contributed by atoms with Crippen LogP contribution in [-0.4, -0.2) is 18.8 Å². The number of carbonyl (C=O) groups is 1. The fourth-order valence-corrected chi connectivity index (χ4v) is 3.82. The van der Waals surface area contributed by atoms with Crippen LogP contribution >= 0.6 is 23.4 Å². The van der Waals surface area contributed by atoms with Crippen molar-refractivity contribution >= 4 is 29.3 Å². The molecule has 0 unspecified atom stereocenters. The van der Waals surface area contributed by atoms with E-state index in [1.807, 2.05) is 48.5 Å². The summed E-state index contributed by atoms with van der Waals surface area (Å²) in [5.74, 6) is 2.49. The van der Waals surface area contributed by atoms with E-state index in [1.165, 1.54) is 0 Å². The minimum Gasteiger partial charge on any atom is -0.497 e. The third kappa shape index (κ3) is 6.58. The van der Waals surface area contributed by atoms with E-state index in [0.29, 0.717) is 11.7 Å². The average molecular weight is 392 g/mol. The molecule has 1 N–H and O–H groups in total. The highest BCUT2D eigenvalue weighted by Gasteiger charge is 2.16. The number of hydrogen-bond donors (Lipinski definition) is 1. The molecule has 0 aromatic heterocycles. The quantitative estimate of drug-likeness (QED) is 0.614. The predicted octanol–water partition coefficient (Wildman–Crippen LogP) is 5.49. The number of benzene rings is 2. The Bertz CT molecular complexity index is 703. The van der Waals surface area contributed by atoms with Crippen molar-refractivity contribution in [3.8, 4) is 5.75 Å². The van der Waals surface area contributed by atoms with Crippen LogP contribution in [-0.2, 0) is 10.5 Å². The van der Waals surface area contributed by atoms with Gasteiger partial charge in [-0.15, -0.1) is 11.8 Å². The minimum atomic E-state index is 0.00863. The Morgan fingerprint density at radius 2 is 1.85 bits per heavy atom. The zero-order valence-electron chi connectivity index (χ0n) is 15.5. The second-order valence-corrected chi connectivity index (χ2v) is 8.00. The van der Waals surface area contributed by atoms with Crippen molar-refractivity contribution in [2.45, 2.75) is 32.1 Å². The molecular formula is C21H26ClNO2S. The average Bonchev–Trinajstić information content (AvgIpc) is 2.62. The molecule has 0 aliphatic carbocycles. The number of rotatable bonds is 9. The number of methoxy groups -OCH3 is 1. The van der Waals surface area contributed by atoms with Crippen molar-refractivity contribution in [1.82, 2.24) is 5.32 Å². The molecule has 0 saturated heterocycles. The van der Waals surface area contributed by atoms with Gasteiger partial charge in [0.1, 0.15) is 5.75 Å². The molecule has 2 rings (SSSR count). The van der Waals surface area contributed by atoms with Crippen LogP contribution in [0.15, 0.2) is 48.5 Å². The lowest BCUT2D eigenvalue weighted by Crippen LogP contribution is -2.30. The summed E-state index contributed by atoms with van der Waals surface area (Å²) in [5.41, 5.74) is 2.16. The van der Waals surface area contributed by atoms with Crippen LogP contribution in [0.5, 0.6) is 5.75 Å². The van der Waals surface area contributed by atoms with Crippen LogP contribution in [0, 0.1) is 5.92 Å². The third-order valence-electron chi connectivity index (χ3n) is 4.01. The van der Waals surface area contributed by atoms with Gasteiger partial charge in [0.05, 0.1) is 18.9 Å². The Morgan fingerprint density at radius 1 is 1.15 bits per heavy atom. The molecule has 0 bridgehead atoms. The van der Waals surface area contributed by atoms with Gasteiger partial charge < -0.3 is 10.1 Å². The second kappa shape index (κ2) is 10.5. The number of nitrogens with one attached hydrogen (secondary N) is 1. The first-order valence-corrected chi connectivity index (χ1v) is 10.3. The maximum Gasteiger partial charge on any atom is 0.230 e. The summed E-state index contributed by atoms with van der Waals surface area (Å²) in [4.78, 5) is 12.4. The molecule has 1 atom stereocenters. The van der Waals surface area contributed by atoms with E-state index in [9.17, 15) is 4.79 Å². The van der Waals surface area contributed by atoms with E-state index in [1.54, 1.807) is 18.9 Å². The summed E-state index contributed by atoms with van der Waals surface area (Å²) in [6.45, 7) is 4.32. The number of amides is 1. The zero-order valence-corrected chi connectivity index (χ0v) is 17.1. The lowest BCUT2D eigenvalue weighted by Gasteiger charge is -2.21. The van der Waals surface area contributed by atoms with Crippen LogP contribution in [0.25, 0.3) is 0 Å². The molecule has 0 fully saturated rings. The van der Waals surface area contributed by atoms with Gasteiger partial charge in [-0.1, -0.05) is 55.8 Å². The normalized spacial score (nSPS) is 12.0. The van der Waals surface area contributed by atoms with E-state index in [4.69, 9.17) is 16.3 Å².